The molecule has 1 aliphatic heterocycles. The van der Waals surface area contributed by atoms with Gasteiger partial charge in [-0.15, -0.1) is 0 Å². The molecular formula is C27H42O5. The van der Waals surface area contributed by atoms with Gasteiger partial charge in [-0.25, -0.2) is 0 Å². The van der Waals surface area contributed by atoms with E-state index in [0.29, 0.717) is 24.7 Å². The van der Waals surface area contributed by atoms with Crippen LogP contribution in [0.25, 0.3) is 0 Å². The van der Waals surface area contributed by atoms with Crippen molar-refractivity contribution in [2.24, 2.45) is 28.6 Å². The van der Waals surface area contributed by atoms with Crippen LogP contribution in [0.5, 0.6) is 0 Å². The molecule has 0 bridgehead atoms. The number of esters is 2. The van der Waals surface area contributed by atoms with Crippen molar-refractivity contribution in [3.05, 3.63) is 23.8 Å². The van der Waals surface area contributed by atoms with E-state index in [9.17, 15) is 14.7 Å². The molecule has 1 saturated heterocycles. The summed E-state index contributed by atoms with van der Waals surface area (Å²) in [5.74, 6) is 0.431. The van der Waals surface area contributed by atoms with Crippen molar-refractivity contribution < 1.29 is 24.2 Å². The highest BCUT2D eigenvalue weighted by Gasteiger charge is 2.52. The summed E-state index contributed by atoms with van der Waals surface area (Å²) in [4.78, 5) is 25.0. The lowest BCUT2D eigenvalue weighted by atomic mass is 9.55. The number of hydrogen-bond acceptors (Lipinski definition) is 5. The Morgan fingerprint density at radius 1 is 1.31 bits per heavy atom. The average molecular weight is 447 g/mol. The zero-order chi connectivity index (χ0) is 23.9. The summed E-state index contributed by atoms with van der Waals surface area (Å²) in [5.41, 5.74) is -0.216. The Hall–Kier alpha value is -1.62. The summed E-state index contributed by atoms with van der Waals surface area (Å²) < 4.78 is 12.0. The molecule has 0 aromatic rings. The fourth-order valence-electron chi connectivity index (χ4n) is 5.85. The number of aliphatic hydroxyl groups is 1. The van der Waals surface area contributed by atoms with E-state index in [4.69, 9.17) is 9.47 Å². The number of carbonyl (C=O) groups excluding carboxylic acids is 2. The fraction of sp³-hybridized carbons (Fsp3) is 0.778. The standard InChI is InChI=1S/C27H42O5/c1-8-25(4,5)24(30)31-22-14-17(2)13-19-10-9-18(3)21(27(19,22)7)11-12-26(6)16-20(28)15-23(29)32-26/h9-10,13,17-18,20-22,28H,8,11-12,14-16H2,1-7H3/t17?,18-,20-,21-,22?,26+,27-/m0/s1. The summed E-state index contributed by atoms with van der Waals surface area (Å²) >= 11 is 0. The molecular weight excluding hydrogens is 404 g/mol. The molecule has 3 aliphatic rings. The van der Waals surface area contributed by atoms with Crippen LogP contribution < -0.4 is 0 Å². The molecule has 0 amide bonds. The number of hydrogen-bond donors (Lipinski definition) is 1. The predicted molar refractivity (Wildman–Crippen MR) is 125 cm³/mol. The van der Waals surface area contributed by atoms with E-state index in [-0.39, 0.29) is 35.8 Å². The number of rotatable bonds is 6. The van der Waals surface area contributed by atoms with Crippen molar-refractivity contribution in [1.82, 2.24) is 0 Å². The van der Waals surface area contributed by atoms with Gasteiger partial charge in [0.1, 0.15) is 11.7 Å². The van der Waals surface area contributed by atoms with E-state index >= 15 is 0 Å². The molecule has 5 heteroatoms. The van der Waals surface area contributed by atoms with Gasteiger partial charge in [0, 0.05) is 11.8 Å². The van der Waals surface area contributed by atoms with Crippen LogP contribution in [-0.2, 0) is 19.1 Å². The van der Waals surface area contributed by atoms with Gasteiger partial charge in [-0.2, -0.15) is 0 Å². The molecule has 0 aromatic heterocycles. The maximum Gasteiger partial charge on any atom is 0.311 e. The smallest absolute Gasteiger partial charge is 0.311 e. The first-order valence-corrected chi connectivity index (χ1v) is 12.3. The van der Waals surface area contributed by atoms with E-state index in [0.717, 1.165) is 19.3 Å². The minimum absolute atomic E-state index is 0.0753. The van der Waals surface area contributed by atoms with Gasteiger partial charge in [0.25, 0.3) is 0 Å². The number of ether oxygens (including phenoxy) is 2. The fourth-order valence-corrected chi connectivity index (χ4v) is 5.85. The lowest BCUT2D eigenvalue weighted by molar-refractivity contribution is -0.177. The van der Waals surface area contributed by atoms with Crippen LogP contribution in [0, 0.1) is 28.6 Å². The molecule has 1 N–H and O–H groups in total. The maximum atomic E-state index is 13.1. The Balaban J connectivity index is 1.88. The lowest BCUT2D eigenvalue weighted by Gasteiger charge is -2.52. The normalized spacial score (nSPS) is 39.7. The van der Waals surface area contributed by atoms with Gasteiger partial charge >= 0.3 is 11.9 Å². The van der Waals surface area contributed by atoms with E-state index in [1.54, 1.807) is 0 Å². The molecule has 0 aromatic carbocycles. The summed E-state index contributed by atoms with van der Waals surface area (Å²) in [6, 6.07) is 0. The number of carbonyl (C=O) groups is 2. The zero-order valence-electron chi connectivity index (χ0n) is 20.9. The van der Waals surface area contributed by atoms with Crippen LogP contribution in [0.4, 0.5) is 0 Å². The first-order chi connectivity index (χ1) is 14.8. The Morgan fingerprint density at radius 3 is 2.62 bits per heavy atom. The topological polar surface area (TPSA) is 72.8 Å². The summed E-state index contributed by atoms with van der Waals surface area (Å²) in [7, 11) is 0. The summed E-state index contributed by atoms with van der Waals surface area (Å²) in [6.07, 6.45) is 9.57. The predicted octanol–water partition coefficient (Wildman–Crippen LogP) is 5.37. The van der Waals surface area contributed by atoms with Crippen molar-refractivity contribution in [3.8, 4) is 0 Å². The molecule has 180 valence electrons. The first-order valence-electron chi connectivity index (χ1n) is 12.3. The van der Waals surface area contributed by atoms with Crippen LogP contribution >= 0.6 is 0 Å². The average Bonchev–Trinajstić information content (AvgIpc) is 2.67. The Bertz CT molecular complexity index is 796. The Labute approximate surface area is 193 Å². The lowest BCUT2D eigenvalue weighted by Crippen LogP contribution is -2.51. The van der Waals surface area contributed by atoms with E-state index < -0.39 is 17.1 Å². The summed E-state index contributed by atoms with van der Waals surface area (Å²) in [6.45, 7) is 14.5. The van der Waals surface area contributed by atoms with Crippen molar-refractivity contribution in [2.45, 2.75) is 105 Å². The van der Waals surface area contributed by atoms with Crippen molar-refractivity contribution in [2.75, 3.05) is 0 Å². The van der Waals surface area contributed by atoms with E-state index in [1.807, 2.05) is 27.7 Å². The minimum Gasteiger partial charge on any atom is -0.461 e. The highest BCUT2D eigenvalue weighted by atomic mass is 16.6. The molecule has 2 aliphatic carbocycles. The second-order valence-electron chi connectivity index (χ2n) is 11.6. The Morgan fingerprint density at radius 2 is 2.00 bits per heavy atom. The number of fused-ring (bicyclic) bond motifs is 1. The van der Waals surface area contributed by atoms with Gasteiger partial charge in [-0.3, -0.25) is 9.59 Å². The molecule has 7 atom stereocenters. The molecule has 5 nitrogen and oxygen atoms in total. The van der Waals surface area contributed by atoms with Gasteiger partial charge < -0.3 is 14.6 Å². The molecule has 0 radical (unpaired) electrons. The van der Waals surface area contributed by atoms with Gasteiger partial charge in [0.15, 0.2) is 0 Å². The van der Waals surface area contributed by atoms with Gasteiger partial charge in [0.2, 0.25) is 0 Å². The van der Waals surface area contributed by atoms with Crippen molar-refractivity contribution >= 4 is 11.9 Å². The van der Waals surface area contributed by atoms with E-state index in [1.165, 1.54) is 5.57 Å². The maximum absolute atomic E-state index is 13.1. The SMILES string of the molecule is CCC(C)(C)C(=O)OC1CC(C)C=C2C=C[C@H](C)[C@H](CC[C@]3(C)C[C@@H](O)CC(=O)O3)[C@]21C. The Kier molecular flexibility index (Phi) is 7.01. The second-order valence-corrected chi connectivity index (χ2v) is 11.6. The van der Waals surface area contributed by atoms with Crippen LogP contribution in [0.15, 0.2) is 23.8 Å². The quantitative estimate of drug-likeness (QED) is 0.556. The monoisotopic (exact) mass is 446 g/mol. The molecule has 32 heavy (non-hydrogen) atoms. The number of aliphatic hydroxyl groups excluding tert-OH is 1. The molecule has 3 rings (SSSR count). The molecule has 0 saturated carbocycles. The largest absolute Gasteiger partial charge is 0.461 e. The highest BCUT2D eigenvalue weighted by Crippen LogP contribution is 2.54. The third-order valence-corrected chi connectivity index (χ3v) is 8.42. The number of cyclic esters (lactones) is 1. The zero-order valence-corrected chi connectivity index (χ0v) is 20.9. The molecule has 1 fully saturated rings. The molecule has 0 spiro atoms. The van der Waals surface area contributed by atoms with Crippen LogP contribution in [0.1, 0.15) is 87.0 Å². The van der Waals surface area contributed by atoms with Gasteiger partial charge in [-0.05, 0) is 69.8 Å². The van der Waals surface area contributed by atoms with Gasteiger partial charge in [-0.1, -0.05) is 45.9 Å². The number of allylic oxidation sites excluding steroid dienone is 3. The molecule has 2 unspecified atom stereocenters. The first kappa shape index (κ1) is 25.0. The van der Waals surface area contributed by atoms with Crippen LogP contribution in [0.2, 0.25) is 0 Å². The summed E-state index contributed by atoms with van der Waals surface area (Å²) in [5, 5.41) is 10.1. The second kappa shape index (κ2) is 8.96. The van der Waals surface area contributed by atoms with Crippen molar-refractivity contribution in [1.29, 1.82) is 0 Å². The third kappa shape index (κ3) is 4.83. The molecule has 1 heterocycles. The van der Waals surface area contributed by atoms with Crippen molar-refractivity contribution in [3.63, 3.8) is 0 Å². The van der Waals surface area contributed by atoms with Crippen LogP contribution in [-0.4, -0.2) is 34.9 Å². The van der Waals surface area contributed by atoms with Crippen LogP contribution in [0.3, 0.4) is 0 Å². The van der Waals surface area contributed by atoms with Gasteiger partial charge in [0.05, 0.1) is 17.9 Å². The van der Waals surface area contributed by atoms with E-state index in [2.05, 4.69) is 39.0 Å². The third-order valence-electron chi connectivity index (χ3n) is 8.42. The highest BCUT2D eigenvalue weighted by molar-refractivity contribution is 5.76. The minimum atomic E-state index is -0.659.